The van der Waals surface area contributed by atoms with E-state index in [0.717, 1.165) is 24.0 Å². The Morgan fingerprint density at radius 2 is 1.82 bits per heavy atom. The van der Waals surface area contributed by atoms with Crippen molar-refractivity contribution in [3.63, 3.8) is 0 Å². The summed E-state index contributed by atoms with van der Waals surface area (Å²) in [6, 6.07) is 14.2. The summed E-state index contributed by atoms with van der Waals surface area (Å²) in [5.74, 6) is 0.915. The van der Waals surface area contributed by atoms with Gasteiger partial charge in [-0.2, -0.15) is 0 Å². The lowest BCUT2D eigenvalue weighted by Crippen LogP contribution is -1.97. The molecule has 0 fully saturated rings. The number of unbranched alkanes of at least 4 members (excludes halogenated alkanes) is 2. The Morgan fingerprint density at radius 3 is 2.71 bits per heavy atom. The molecular weight excluding hydrogens is 212 g/mol. The quantitative estimate of drug-likeness (QED) is 0.706. The average Bonchev–Trinajstić information content (AvgIpc) is 2.39. The molecule has 2 aromatic carbocycles. The molecular formula is C15H15O2. The lowest BCUT2D eigenvalue weighted by atomic mass is 10.1. The van der Waals surface area contributed by atoms with Gasteiger partial charge in [-0.05, 0) is 24.3 Å². The van der Waals surface area contributed by atoms with E-state index in [4.69, 9.17) is 4.74 Å². The molecule has 0 amide bonds. The molecule has 0 aliphatic heterocycles. The first kappa shape index (κ1) is 11.6. The van der Waals surface area contributed by atoms with Crippen LogP contribution in [0.2, 0.25) is 0 Å². The van der Waals surface area contributed by atoms with Crippen molar-refractivity contribution in [3.05, 3.63) is 42.5 Å². The van der Waals surface area contributed by atoms with Crippen molar-refractivity contribution < 1.29 is 9.53 Å². The van der Waals surface area contributed by atoms with Crippen molar-refractivity contribution >= 4 is 17.1 Å². The van der Waals surface area contributed by atoms with Crippen LogP contribution in [0, 0.1) is 0 Å². The maximum absolute atomic E-state index is 10.0. The molecule has 0 unspecified atom stereocenters. The van der Waals surface area contributed by atoms with Gasteiger partial charge in [-0.3, -0.25) is 4.79 Å². The molecule has 0 bridgehead atoms. The van der Waals surface area contributed by atoms with Crippen LogP contribution in [-0.2, 0) is 4.79 Å². The van der Waals surface area contributed by atoms with Crippen LogP contribution in [0.1, 0.15) is 19.3 Å². The van der Waals surface area contributed by atoms with Gasteiger partial charge in [0.05, 0.1) is 6.61 Å². The van der Waals surface area contributed by atoms with E-state index in [-0.39, 0.29) is 0 Å². The van der Waals surface area contributed by atoms with Gasteiger partial charge in [-0.1, -0.05) is 36.4 Å². The van der Waals surface area contributed by atoms with E-state index in [9.17, 15) is 4.79 Å². The van der Waals surface area contributed by atoms with Gasteiger partial charge in [0.15, 0.2) is 6.29 Å². The molecule has 2 nitrogen and oxygen atoms in total. The standard InChI is InChI=1S/C15H15O2/c16-11-4-1-5-12-17-15-10-6-8-13-7-2-3-9-14(13)15/h2-3,6-10H,1,4-5,12H2. The Balaban J connectivity index is 2.01. The Morgan fingerprint density at radius 1 is 1.00 bits per heavy atom. The van der Waals surface area contributed by atoms with Crippen LogP contribution in [-0.4, -0.2) is 12.9 Å². The number of ether oxygens (including phenoxy) is 1. The summed E-state index contributed by atoms with van der Waals surface area (Å²) in [4.78, 5) is 10.0. The molecule has 0 atom stereocenters. The van der Waals surface area contributed by atoms with E-state index in [1.807, 2.05) is 30.6 Å². The van der Waals surface area contributed by atoms with Crippen LogP contribution in [0.5, 0.6) is 5.75 Å². The van der Waals surface area contributed by atoms with Crippen molar-refractivity contribution in [1.29, 1.82) is 0 Å². The highest BCUT2D eigenvalue weighted by atomic mass is 16.5. The van der Waals surface area contributed by atoms with Crippen molar-refractivity contribution in [2.24, 2.45) is 0 Å². The highest BCUT2D eigenvalue weighted by molar-refractivity contribution is 5.88. The van der Waals surface area contributed by atoms with Crippen LogP contribution in [0.4, 0.5) is 0 Å². The third-order valence-corrected chi connectivity index (χ3v) is 2.68. The summed E-state index contributed by atoms with van der Waals surface area (Å²) in [6.45, 7) is 0.648. The predicted octanol–water partition coefficient (Wildman–Crippen LogP) is 3.50. The second kappa shape index (κ2) is 6.04. The van der Waals surface area contributed by atoms with E-state index >= 15 is 0 Å². The summed E-state index contributed by atoms with van der Waals surface area (Å²) < 4.78 is 5.74. The number of hydrogen-bond donors (Lipinski definition) is 0. The molecule has 87 valence electrons. The third-order valence-electron chi connectivity index (χ3n) is 2.68. The van der Waals surface area contributed by atoms with Gasteiger partial charge < -0.3 is 4.74 Å². The van der Waals surface area contributed by atoms with Crippen molar-refractivity contribution in [2.75, 3.05) is 6.61 Å². The fourth-order valence-electron chi connectivity index (χ4n) is 1.80. The average molecular weight is 227 g/mol. The largest absolute Gasteiger partial charge is 0.493 e. The first-order valence-electron chi connectivity index (χ1n) is 5.87. The van der Waals surface area contributed by atoms with Gasteiger partial charge >= 0.3 is 0 Å². The van der Waals surface area contributed by atoms with Crippen LogP contribution in [0.3, 0.4) is 0 Å². The van der Waals surface area contributed by atoms with Crippen LogP contribution in [0.15, 0.2) is 42.5 Å². The molecule has 0 aromatic heterocycles. The minimum Gasteiger partial charge on any atom is -0.493 e. The first-order chi connectivity index (χ1) is 8.42. The molecule has 2 heteroatoms. The second-order valence-corrected chi connectivity index (χ2v) is 3.93. The normalized spacial score (nSPS) is 10.4. The monoisotopic (exact) mass is 227 g/mol. The zero-order chi connectivity index (χ0) is 11.9. The van der Waals surface area contributed by atoms with Crippen LogP contribution in [0.25, 0.3) is 10.8 Å². The Bertz CT molecular complexity index is 486. The summed E-state index contributed by atoms with van der Waals surface area (Å²) in [6.07, 6.45) is 4.12. The molecule has 0 spiro atoms. The van der Waals surface area contributed by atoms with Gasteiger partial charge in [-0.15, -0.1) is 0 Å². The highest BCUT2D eigenvalue weighted by Gasteiger charge is 2.00. The van der Waals surface area contributed by atoms with Gasteiger partial charge in [0.2, 0.25) is 0 Å². The Kier molecular flexibility index (Phi) is 4.14. The maximum atomic E-state index is 10.0. The number of fused-ring (bicyclic) bond motifs is 1. The number of carbonyl (C=O) groups excluding carboxylic acids is 1. The molecule has 0 saturated carbocycles. The maximum Gasteiger partial charge on any atom is 0.198 e. The molecule has 1 radical (unpaired) electrons. The fraction of sp³-hybridized carbons (Fsp3) is 0.267. The van der Waals surface area contributed by atoms with Gasteiger partial charge in [0, 0.05) is 11.8 Å². The number of rotatable bonds is 6. The summed E-state index contributed by atoms with van der Waals surface area (Å²) in [5.41, 5.74) is 0. The Hall–Kier alpha value is -1.83. The SMILES string of the molecule is O=[C]CCCCOc1cccc2ccccc12. The molecule has 0 saturated heterocycles. The molecule has 0 aliphatic rings. The van der Waals surface area contributed by atoms with Gasteiger partial charge in [-0.25, -0.2) is 0 Å². The molecule has 2 aromatic rings. The van der Waals surface area contributed by atoms with Crippen molar-refractivity contribution in [3.8, 4) is 5.75 Å². The lowest BCUT2D eigenvalue weighted by molar-refractivity contribution is 0.311. The minimum absolute atomic E-state index is 0.499. The summed E-state index contributed by atoms with van der Waals surface area (Å²) >= 11 is 0. The molecule has 17 heavy (non-hydrogen) atoms. The van der Waals surface area contributed by atoms with Gasteiger partial charge in [0.25, 0.3) is 0 Å². The van der Waals surface area contributed by atoms with E-state index in [0.29, 0.717) is 13.0 Å². The van der Waals surface area contributed by atoms with Crippen molar-refractivity contribution in [1.82, 2.24) is 0 Å². The summed E-state index contributed by atoms with van der Waals surface area (Å²) in [7, 11) is 0. The van der Waals surface area contributed by atoms with Crippen LogP contribution >= 0.6 is 0 Å². The van der Waals surface area contributed by atoms with E-state index in [1.165, 1.54) is 5.39 Å². The Labute approximate surface area is 101 Å². The zero-order valence-corrected chi connectivity index (χ0v) is 9.69. The minimum atomic E-state index is 0.499. The number of hydrogen-bond acceptors (Lipinski definition) is 2. The smallest absolute Gasteiger partial charge is 0.198 e. The van der Waals surface area contributed by atoms with Crippen molar-refractivity contribution in [2.45, 2.75) is 19.3 Å². The third kappa shape index (κ3) is 3.06. The molecule has 0 aliphatic carbocycles. The van der Waals surface area contributed by atoms with E-state index < -0.39 is 0 Å². The van der Waals surface area contributed by atoms with E-state index in [1.54, 1.807) is 0 Å². The molecule has 0 N–H and O–H groups in total. The van der Waals surface area contributed by atoms with Crippen LogP contribution < -0.4 is 4.74 Å². The summed E-state index contributed by atoms with van der Waals surface area (Å²) in [5, 5.41) is 2.32. The lowest BCUT2D eigenvalue weighted by Gasteiger charge is -2.08. The molecule has 0 heterocycles. The van der Waals surface area contributed by atoms with E-state index in [2.05, 4.69) is 18.2 Å². The second-order valence-electron chi connectivity index (χ2n) is 3.93. The van der Waals surface area contributed by atoms with Gasteiger partial charge in [0.1, 0.15) is 5.75 Å². The highest BCUT2D eigenvalue weighted by Crippen LogP contribution is 2.25. The molecule has 2 rings (SSSR count). The predicted molar refractivity (Wildman–Crippen MR) is 69.0 cm³/mol. The fourth-order valence-corrected chi connectivity index (χ4v) is 1.80. The zero-order valence-electron chi connectivity index (χ0n) is 9.69. The topological polar surface area (TPSA) is 26.3 Å². The number of benzene rings is 2. The first-order valence-corrected chi connectivity index (χ1v) is 5.87.